The van der Waals surface area contributed by atoms with E-state index in [2.05, 4.69) is 0 Å². The zero-order valence-corrected chi connectivity index (χ0v) is 10.1. The van der Waals surface area contributed by atoms with Crippen LogP contribution in [0.1, 0.15) is 6.42 Å². The number of carbonyl (C=O) groups is 1. The van der Waals surface area contributed by atoms with Gasteiger partial charge in [0.2, 0.25) is 0 Å². The highest BCUT2D eigenvalue weighted by atomic mass is 16.6. The van der Waals surface area contributed by atoms with Gasteiger partial charge in [0.05, 0.1) is 6.61 Å². The van der Waals surface area contributed by atoms with E-state index in [1.54, 1.807) is 0 Å². The Labute approximate surface area is 106 Å². The van der Waals surface area contributed by atoms with Gasteiger partial charge in [0, 0.05) is 13.0 Å². The third-order valence-corrected chi connectivity index (χ3v) is 2.79. The van der Waals surface area contributed by atoms with E-state index in [9.17, 15) is 4.79 Å². The van der Waals surface area contributed by atoms with Crippen molar-refractivity contribution in [2.24, 2.45) is 5.73 Å². The van der Waals surface area contributed by atoms with Crippen molar-refractivity contribution in [3.8, 4) is 5.75 Å². The maximum atomic E-state index is 11.7. The zero-order chi connectivity index (χ0) is 12.8. The number of hydrogen-bond donors (Lipinski definition) is 1. The lowest BCUT2D eigenvalue weighted by Crippen LogP contribution is -2.49. The van der Waals surface area contributed by atoms with E-state index < -0.39 is 11.5 Å². The Bertz CT molecular complexity index is 387. The first-order chi connectivity index (χ1) is 8.71. The third kappa shape index (κ3) is 3.21. The zero-order valence-electron chi connectivity index (χ0n) is 10.1. The Morgan fingerprint density at radius 1 is 1.33 bits per heavy atom. The monoisotopic (exact) mass is 251 g/mol. The molecular formula is C13H17NO4. The van der Waals surface area contributed by atoms with E-state index >= 15 is 0 Å². The van der Waals surface area contributed by atoms with Crippen molar-refractivity contribution in [2.75, 3.05) is 26.4 Å². The smallest absolute Gasteiger partial charge is 0.328 e. The van der Waals surface area contributed by atoms with E-state index in [4.69, 9.17) is 19.9 Å². The summed E-state index contributed by atoms with van der Waals surface area (Å²) in [6.45, 7) is 1.23. The fraction of sp³-hybridized carbons (Fsp3) is 0.462. The van der Waals surface area contributed by atoms with Crippen LogP contribution in [0.4, 0.5) is 0 Å². The number of esters is 1. The number of nitrogens with two attached hydrogens (primary N) is 1. The van der Waals surface area contributed by atoms with Crippen LogP contribution in [-0.2, 0) is 14.3 Å². The maximum Gasteiger partial charge on any atom is 0.328 e. The molecule has 0 radical (unpaired) electrons. The van der Waals surface area contributed by atoms with Gasteiger partial charge in [-0.3, -0.25) is 0 Å². The topological polar surface area (TPSA) is 70.8 Å². The van der Waals surface area contributed by atoms with Gasteiger partial charge in [0.25, 0.3) is 0 Å². The predicted octanol–water partition coefficient (Wildman–Crippen LogP) is 0.726. The molecule has 2 N–H and O–H groups in total. The lowest BCUT2D eigenvalue weighted by atomic mass is 10.0. The number of carbonyl (C=O) groups excluding carboxylic acids is 1. The summed E-state index contributed by atoms with van der Waals surface area (Å²) in [4.78, 5) is 11.7. The number of para-hydroxylation sites is 1. The van der Waals surface area contributed by atoms with Gasteiger partial charge < -0.3 is 19.9 Å². The van der Waals surface area contributed by atoms with Gasteiger partial charge in [-0.25, -0.2) is 4.79 Å². The molecule has 1 unspecified atom stereocenters. The van der Waals surface area contributed by atoms with Crippen molar-refractivity contribution in [1.82, 2.24) is 0 Å². The minimum Gasteiger partial charge on any atom is -0.490 e. The second kappa shape index (κ2) is 5.84. The molecular weight excluding hydrogens is 234 g/mol. The van der Waals surface area contributed by atoms with Crippen molar-refractivity contribution in [3.05, 3.63) is 30.3 Å². The molecule has 0 aromatic heterocycles. The molecule has 1 aliphatic rings. The van der Waals surface area contributed by atoms with E-state index in [1.807, 2.05) is 30.3 Å². The highest BCUT2D eigenvalue weighted by Gasteiger charge is 2.39. The van der Waals surface area contributed by atoms with Crippen LogP contribution >= 0.6 is 0 Å². The molecule has 98 valence electrons. The van der Waals surface area contributed by atoms with Crippen LogP contribution in [0.5, 0.6) is 5.75 Å². The number of ether oxygens (including phenoxy) is 3. The molecule has 1 atom stereocenters. The number of hydrogen-bond acceptors (Lipinski definition) is 5. The number of rotatable bonds is 5. The van der Waals surface area contributed by atoms with Crippen LogP contribution in [-0.4, -0.2) is 37.9 Å². The molecule has 5 heteroatoms. The second-order valence-corrected chi connectivity index (χ2v) is 4.26. The summed E-state index contributed by atoms with van der Waals surface area (Å²) in [5.74, 6) is 0.330. The molecule has 0 aliphatic carbocycles. The van der Waals surface area contributed by atoms with Gasteiger partial charge in [0.15, 0.2) is 0 Å². The van der Waals surface area contributed by atoms with Crippen LogP contribution < -0.4 is 10.5 Å². The molecule has 0 saturated carbocycles. The summed E-state index contributed by atoms with van der Waals surface area (Å²) in [5.41, 5.74) is 4.88. The van der Waals surface area contributed by atoms with Gasteiger partial charge in [-0.2, -0.15) is 0 Å². The second-order valence-electron chi connectivity index (χ2n) is 4.26. The van der Waals surface area contributed by atoms with Crippen LogP contribution in [0.15, 0.2) is 30.3 Å². The molecule has 1 aromatic carbocycles. The summed E-state index contributed by atoms with van der Waals surface area (Å²) >= 11 is 0. The van der Waals surface area contributed by atoms with Crippen LogP contribution in [0, 0.1) is 0 Å². The van der Waals surface area contributed by atoms with Gasteiger partial charge in [-0.1, -0.05) is 18.2 Å². The standard InChI is InChI=1S/C13H17NO4/c14-13(6-7-16-10-13)12(15)18-9-8-17-11-4-2-1-3-5-11/h1-5H,6-10,14H2. The molecule has 0 amide bonds. The summed E-state index contributed by atoms with van der Waals surface area (Å²) < 4.78 is 15.6. The fourth-order valence-electron chi connectivity index (χ4n) is 1.70. The molecule has 1 fully saturated rings. The minimum atomic E-state index is -0.979. The maximum absolute atomic E-state index is 11.7. The third-order valence-electron chi connectivity index (χ3n) is 2.79. The summed E-state index contributed by atoms with van der Waals surface area (Å²) in [5, 5.41) is 0. The molecule has 0 spiro atoms. The summed E-state index contributed by atoms with van der Waals surface area (Å²) in [6, 6.07) is 9.36. The molecule has 1 saturated heterocycles. The summed E-state index contributed by atoms with van der Waals surface area (Å²) in [7, 11) is 0. The average molecular weight is 251 g/mol. The fourth-order valence-corrected chi connectivity index (χ4v) is 1.70. The Hall–Kier alpha value is -1.59. The largest absolute Gasteiger partial charge is 0.490 e. The average Bonchev–Trinajstić information content (AvgIpc) is 2.84. The van der Waals surface area contributed by atoms with E-state index in [0.717, 1.165) is 5.75 Å². The molecule has 18 heavy (non-hydrogen) atoms. The molecule has 1 heterocycles. The summed E-state index contributed by atoms with van der Waals surface area (Å²) in [6.07, 6.45) is 0.505. The lowest BCUT2D eigenvalue weighted by Gasteiger charge is -2.19. The molecule has 2 rings (SSSR count). The van der Waals surface area contributed by atoms with Gasteiger partial charge in [-0.05, 0) is 12.1 Å². The van der Waals surface area contributed by atoms with Crippen molar-refractivity contribution in [3.63, 3.8) is 0 Å². The Morgan fingerprint density at radius 3 is 2.78 bits per heavy atom. The van der Waals surface area contributed by atoms with E-state index in [0.29, 0.717) is 19.6 Å². The highest BCUT2D eigenvalue weighted by Crippen LogP contribution is 2.17. The Morgan fingerprint density at radius 2 is 2.11 bits per heavy atom. The Balaban J connectivity index is 1.68. The van der Waals surface area contributed by atoms with Crippen molar-refractivity contribution >= 4 is 5.97 Å². The quantitative estimate of drug-likeness (QED) is 0.617. The van der Waals surface area contributed by atoms with Crippen molar-refractivity contribution in [2.45, 2.75) is 12.0 Å². The molecule has 1 aromatic rings. The van der Waals surface area contributed by atoms with Gasteiger partial charge in [-0.15, -0.1) is 0 Å². The predicted molar refractivity (Wildman–Crippen MR) is 65.3 cm³/mol. The minimum absolute atomic E-state index is 0.187. The first-order valence-corrected chi connectivity index (χ1v) is 5.92. The van der Waals surface area contributed by atoms with E-state index in [-0.39, 0.29) is 13.2 Å². The van der Waals surface area contributed by atoms with E-state index in [1.165, 1.54) is 0 Å². The number of benzene rings is 1. The van der Waals surface area contributed by atoms with Crippen molar-refractivity contribution in [1.29, 1.82) is 0 Å². The van der Waals surface area contributed by atoms with Crippen LogP contribution in [0.3, 0.4) is 0 Å². The Kier molecular flexibility index (Phi) is 4.17. The first kappa shape index (κ1) is 12.9. The molecule has 1 aliphatic heterocycles. The highest BCUT2D eigenvalue weighted by molar-refractivity contribution is 5.81. The van der Waals surface area contributed by atoms with Gasteiger partial charge in [0.1, 0.15) is 24.5 Å². The van der Waals surface area contributed by atoms with Crippen LogP contribution in [0.2, 0.25) is 0 Å². The van der Waals surface area contributed by atoms with Crippen LogP contribution in [0.25, 0.3) is 0 Å². The lowest BCUT2D eigenvalue weighted by molar-refractivity contribution is -0.150. The first-order valence-electron chi connectivity index (χ1n) is 5.92. The SMILES string of the molecule is NC1(C(=O)OCCOc2ccccc2)CCOC1. The molecule has 0 bridgehead atoms. The van der Waals surface area contributed by atoms with Gasteiger partial charge >= 0.3 is 5.97 Å². The molecule has 5 nitrogen and oxygen atoms in total. The van der Waals surface area contributed by atoms with Crippen molar-refractivity contribution < 1.29 is 19.0 Å². The normalized spacial score (nSPS) is 22.7.